The van der Waals surface area contributed by atoms with Crippen molar-refractivity contribution in [1.29, 1.82) is 5.26 Å². The molecule has 5 aromatic carbocycles. The van der Waals surface area contributed by atoms with Crippen LogP contribution >= 0.6 is 23.2 Å². The maximum Gasteiger partial charge on any atom is 0.258 e. The molecule has 57 heavy (non-hydrogen) atoms. The van der Waals surface area contributed by atoms with Crippen molar-refractivity contribution in [2.45, 2.75) is 51.1 Å². The van der Waals surface area contributed by atoms with Crippen molar-refractivity contribution >= 4 is 35.0 Å². The molecule has 0 aliphatic carbocycles. The molecular formula is C46H37Cl2N3O6. The number of fused-ring (bicyclic) bond motifs is 2. The van der Waals surface area contributed by atoms with Gasteiger partial charge in [0.05, 0.1) is 33.5 Å². The highest BCUT2D eigenvalue weighted by atomic mass is 35.5. The second-order valence-electron chi connectivity index (χ2n) is 14.3. The normalized spacial score (nSPS) is 16.2. The highest BCUT2D eigenvalue weighted by Gasteiger charge is 2.37. The van der Waals surface area contributed by atoms with Gasteiger partial charge in [-0.15, -0.1) is 0 Å². The maximum absolute atomic E-state index is 14.0. The molecule has 286 valence electrons. The van der Waals surface area contributed by atoms with E-state index in [2.05, 4.69) is 11.4 Å². The number of nitrogens with one attached hydrogen (secondary N) is 1. The van der Waals surface area contributed by atoms with Crippen LogP contribution in [0.5, 0.6) is 17.2 Å². The molecule has 2 aliphatic heterocycles. The van der Waals surface area contributed by atoms with Crippen molar-refractivity contribution in [2.75, 3.05) is 6.61 Å². The van der Waals surface area contributed by atoms with Gasteiger partial charge in [0.15, 0.2) is 17.6 Å². The van der Waals surface area contributed by atoms with Gasteiger partial charge in [0.25, 0.3) is 5.91 Å². The number of nitrogens with zero attached hydrogens (tertiary/aromatic N) is 2. The summed E-state index contributed by atoms with van der Waals surface area (Å²) in [5.41, 5.74) is 7.73. The molecule has 0 fully saturated rings. The molecule has 2 aliphatic rings. The number of hydrogen-bond donors (Lipinski definition) is 1. The molecule has 11 heteroatoms. The van der Waals surface area contributed by atoms with Crippen LogP contribution in [0.15, 0.2) is 126 Å². The summed E-state index contributed by atoms with van der Waals surface area (Å²) in [5.74, 6) is 1.33. The van der Waals surface area contributed by atoms with Gasteiger partial charge >= 0.3 is 0 Å². The van der Waals surface area contributed by atoms with E-state index in [-0.39, 0.29) is 30.5 Å². The summed E-state index contributed by atoms with van der Waals surface area (Å²) in [4.78, 5) is 29.5. The molecule has 0 bridgehead atoms. The topological polar surface area (TPSA) is 114 Å². The molecule has 3 heterocycles. The van der Waals surface area contributed by atoms with Gasteiger partial charge in [-0.3, -0.25) is 9.59 Å². The van der Waals surface area contributed by atoms with Crippen LogP contribution in [0.25, 0.3) is 11.1 Å². The molecule has 0 spiro atoms. The molecular weight excluding hydrogens is 761 g/mol. The quantitative estimate of drug-likeness (QED) is 0.147. The molecule has 0 saturated heterocycles. The zero-order valence-electron chi connectivity index (χ0n) is 30.9. The Morgan fingerprint density at radius 2 is 1.60 bits per heavy atom. The third kappa shape index (κ3) is 8.48. The van der Waals surface area contributed by atoms with Crippen LogP contribution in [0.4, 0.5) is 0 Å². The summed E-state index contributed by atoms with van der Waals surface area (Å²) in [6.45, 7) is 2.81. The lowest BCUT2D eigenvalue weighted by Gasteiger charge is -2.37. The van der Waals surface area contributed by atoms with Crippen LogP contribution in [0, 0.1) is 11.3 Å². The van der Waals surface area contributed by atoms with Gasteiger partial charge in [-0.1, -0.05) is 77.8 Å². The molecule has 1 N–H and O–H groups in total. The fourth-order valence-corrected chi connectivity index (χ4v) is 7.52. The summed E-state index contributed by atoms with van der Waals surface area (Å²) in [6.07, 6.45) is 3.40. The van der Waals surface area contributed by atoms with Gasteiger partial charge in [-0.2, -0.15) is 5.26 Å². The van der Waals surface area contributed by atoms with E-state index in [4.69, 9.17) is 47.1 Å². The van der Waals surface area contributed by atoms with Gasteiger partial charge in [-0.25, -0.2) is 0 Å². The summed E-state index contributed by atoms with van der Waals surface area (Å²) >= 11 is 12.2. The lowest BCUT2D eigenvalue weighted by molar-refractivity contribution is -0.126. The van der Waals surface area contributed by atoms with E-state index in [9.17, 15) is 9.59 Å². The highest BCUT2D eigenvalue weighted by Crippen LogP contribution is 2.41. The van der Waals surface area contributed by atoms with E-state index in [1.807, 2.05) is 85.8 Å². The highest BCUT2D eigenvalue weighted by molar-refractivity contribution is 6.42. The lowest BCUT2D eigenvalue weighted by atomic mass is 9.91. The average molecular weight is 799 g/mol. The van der Waals surface area contributed by atoms with Gasteiger partial charge in [0.2, 0.25) is 5.91 Å². The van der Waals surface area contributed by atoms with E-state index < -0.39 is 6.04 Å². The van der Waals surface area contributed by atoms with E-state index in [0.29, 0.717) is 64.5 Å². The smallest absolute Gasteiger partial charge is 0.258 e. The number of halogens is 2. The maximum atomic E-state index is 14.0. The second-order valence-corrected chi connectivity index (χ2v) is 15.1. The summed E-state index contributed by atoms with van der Waals surface area (Å²) in [7, 11) is 0. The van der Waals surface area contributed by atoms with E-state index >= 15 is 0 Å². The number of amides is 2. The summed E-state index contributed by atoms with van der Waals surface area (Å²) in [5, 5.41) is 13.2. The van der Waals surface area contributed by atoms with Gasteiger partial charge in [0, 0.05) is 19.0 Å². The fourth-order valence-electron chi connectivity index (χ4n) is 7.20. The van der Waals surface area contributed by atoms with Crippen molar-refractivity contribution in [3.8, 4) is 34.4 Å². The number of hydrogen-bond acceptors (Lipinski definition) is 7. The molecule has 1 aromatic heterocycles. The van der Waals surface area contributed by atoms with Gasteiger partial charge in [-0.05, 0) is 107 Å². The van der Waals surface area contributed by atoms with Crippen molar-refractivity contribution in [3.05, 3.63) is 171 Å². The second kappa shape index (κ2) is 16.5. The first-order valence-corrected chi connectivity index (χ1v) is 19.3. The standard InChI is InChI=1S/C46H37Cl2N3O6/c1-28(18-29-2-7-32(8-3-29)33-9-4-30(23-49)5-10-33)50-45(52)41-20-36-21-42-43(22-37(36)24-51(41)46(53)35-16-17-54-26-35)57-44(27-56-42)34-11-13-38(14-12-34)55-25-31-6-15-39(47)40(48)19-31/h2-17,19,21-22,26,28,41,44H,18,20,24-25,27H2,1H3,(H,50,52). The lowest BCUT2D eigenvalue weighted by Crippen LogP contribution is -2.54. The van der Waals surface area contributed by atoms with Crippen molar-refractivity contribution in [1.82, 2.24) is 10.2 Å². The number of benzene rings is 5. The largest absolute Gasteiger partial charge is 0.489 e. The third-order valence-electron chi connectivity index (χ3n) is 10.3. The van der Waals surface area contributed by atoms with Crippen LogP contribution in [-0.4, -0.2) is 35.4 Å². The van der Waals surface area contributed by atoms with Crippen LogP contribution in [-0.2, 0) is 30.8 Å². The van der Waals surface area contributed by atoms with Crippen LogP contribution < -0.4 is 19.5 Å². The first-order valence-electron chi connectivity index (χ1n) is 18.6. The van der Waals surface area contributed by atoms with Crippen molar-refractivity contribution < 1.29 is 28.2 Å². The predicted octanol–water partition coefficient (Wildman–Crippen LogP) is 9.53. The van der Waals surface area contributed by atoms with E-state index in [0.717, 1.165) is 38.9 Å². The number of rotatable bonds is 10. The molecule has 8 rings (SSSR count). The Labute approximate surface area is 340 Å². The van der Waals surface area contributed by atoms with E-state index in [1.165, 1.54) is 12.5 Å². The first-order chi connectivity index (χ1) is 27.7. The van der Waals surface area contributed by atoms with Crippen LogP contribution in [0.2, 0.25) is 10.0 Å². The summed E-state index contributed by atoms with van der Waals surface area (Å²) in [6, 6.07) is 35.3. The Balaban J connectivity index is 0.939. The van der Waals surface area contributed by atoms with Gasteiger partial charge in [0.1, 0.15) is 31.3 Å². The molecule has 6 aromatic rings. The minimum atomic E-state index is -0.756. The fraction of sp³-hybridized carbons (Fsp3) is 0.196. The number of nitriles is 1. The molecule has 0 radical (unpaired) electrons. The molecule has 3 unspecified atom stereocenters. The van der Waals surface area contributed by atoms with Crippen molar-refractivity contribution in [2.24, 2.45) is 0 Å². The Hall–Kier alpha value is -6.21. The number of ether oxygens (including phenoxy) is 3. The van der Waals surface area contributed by atoms with Gasteiger partial charge < -0.3 is 28.8 Å². The number of carbonyl (C=O) groups is 2. The van der Waals surface area contributed by atoms with Crippen molar-refractivity contribution in [3.63, 3.8) is 0 Å². The van der Waals surface area contributed by atoms with E-state index in [1.54, 1.807) is 35.2 Å². The number of furan rings is 1. The molecule has 0 saturated carbocycles. The first kappa shape index (κ1) is 37.7. The Kier molecular flexibility index (Phi) is 10.9. The minimum absolute atomic E-state index is 0.203. The Bertz CT molecular complexity index is 2450. The Morgan fingerprint density at radius 1 is 0.877 bits per heavy atom. The Morgan fingerprint density at radius 3 is 2.30 bits per heavy atom. The SMILES string of the molecule is CC(Cc1ccc(-c2ccc(C#N)cc2)cc1)NC(=O)C1Cc2cc3c(cc2CN1C(=O)c1ccoc1)OC(c1ccc(OCc2ccc(Cl)c(Cl)c2)cc1)CO3. The monoisotopic (exact) mass is 797 g/mol. The van der Waals surface area contributed by atoms with Crippen LogP contribution in [0.3, 0.4) is 0 Å². The number of carbonyl (C=O) groups excluding carboxylic acids is 2. The average Bonchev–Trinajstić information content (AvgIpc) is 3.78. The van der Waals surface area contributed by atoms with Crippen LogP contribution in [0.1, 0.15) is 56.8 Å². The molecule has 3 atom stereocenters. The zero-order chi connectivity index (χ0) is 39.5. The third-order valence-corrected chi connectivity index (χ3v) is 11.0. The zero-order valence-corrected chi connectivity index (χ0v) is 32.4. The predicted molar refractivity (Wildman–Crippen MR) is 217 cm³/mol. The molecule has 9 nitrogen and oxygen atoms in total. The molecule has 2 amide bonds. The summed E-state index contributed by atoms with van der Waals surface area (Å²) < 4.78 is 23.9. The minimum Gasteiger partial charge on any atom is -0.489 e.